The molecule has 3 rings (SSSR count). The standard InChI is InChI=1S/C22H22BrN3O4S/c1-2-5-16-7-12-20(19(23)14-16)30-15-22(27)25-17-8-10-18(11-9-17)31(28,29)26-21-6-3-4-13-24-21/h3-4,6-14H,2,5,15H2,1H3,(H,24,26)(H,25,27). The number of carbonyl (C=O) groups excluding carboxylic acids is 1. The summed E-state index contributed by atoms with van der Waals surface area (Å²) in [5.41, 5.74) is 1.65. The highest BCUT2D eigenvalue weighted by atomic mass is 79.9. The van der Waals surface area contributed by atoms with Crippen molar-refractivity contribution in [2.45, 2.75) is 24.7 Å². The number of aromatic nitrogens is 1. The van der Waals surface area contributed by atoms with Crippen molar-refractivity contribution in [3.8, 4) is 5.75 Å². The Morgan fingerprint density at radius 2 is 1.87 bits per heavy atom. The predicted octanol–water partition coefficient (Wildman–Crippen LogP) is 4.61. The summed E-state index contributed by atoms with van der Waals surface area (Å²) in [6, 6.07) is 16.6. The lowest BCUT2D eigenvalue weighted by molar-refractivity contribution is -0.118. The molecule has 7 nitrogen and oxygen atoms in total. The van der Waals surface area contributed by atoms with Crippen molar-refractivity contribution < 1.29 is 17.9 Å². The fourth-order valence-electron chi connectivity index (χ4n) is 2.78. The van der Waals surface area contributed by atoms with Crippen molar-refractivity contribution in [3.63, 3.8) is 0 Å². The van der Waals surface area contributed by atoms with E-state index >= 15 is 0 Å². The Balaban J connectivity index is 1.56. The van der Waals surface area contributed by atoms with Crippen LogP contribution in [0.1, 0.15) is 18.9 Å². The molecule has 1 amide bonds. The number of hydrogen-bond donors (Lipinski definition) is 2. The molecule has 3 aromatic rings. The van der Waals surface area contributed by atoms with Crippen LogP contribution in [0.4, 0.5) is 11.5 Å². The number of anilines is 2. The number of sulfonamides is 1. The molecule has 0 saturated carbocycles. The van der Waals surface area contributed by atoms with Gasteiger partial charge in [-0.05, 0) is 76.4 Å². The molecule has 1 aromatic heterocycles. The third kappa shape index (κ3) is 6.53. The summed E-state index contributed by atoms with van der Waals surface area (Å²) >= 11 is 3.46. The van der Waals surface area contributed by atoms with E-state index in [1.165, 1.54) is 36.0 Å². The van der Waals surface area contributed by atoms with Gasteiger partial charge in [0.05, 0.1) is 9.37 Å². The molecule has 0 aliphatic rings. The lowest BCUT2D eigenvalue weighted by atomic mass is 10.1. The van der Waals surface area contributed by atoms with Crippen LogP contribution in [0.2, 0.25) is 0 Å². The highest BCUT2D eigenvalue weighted by molar-refractivity contribution is 9.10. The summed E-state index contributed by atoms with van der Waals surface area (Å²) in [5.74, 6) is 0.453. The van der Waals surface area contributed by atoms with E-state index in [9.17, 15) is 13.2 Å². The number of hydrogen-bond acceptors (Lipinski definition) is 5. The van der Waals surface area contributed by atoms with E-state index in [1.807, 2.05) is 18.2 Å². The first kappa shape index (κ1) is 22.8. The first-order chi connectivity index (χ1) is 14.9. The van der Waals surface area contributed by atoms with Gasteiger partial charge in [0, 0.05) is 11.9 Å². The number of halogens is 1. The van der Waals surface area contributed by atoms with E-state index in [0.717, 1.165) is 17.3 Å². The highest BCUT2D eigenvalue weighted by Gasteiger charge is 2.15. The van der Waals surface area contributed by atoms with Crippen molar-refractivity contribution in [3.05, 3.63) is 76.9 Å². The number of aryl methyl sites for hydroxylation is 1. The summed E-state index contributed by atoms with van der Waals surface area (Å²) in [5, 5.41) is 2.68. The molecule has 1 heterocycles. The zero-order valence-electron chi connectivity index (χ0n) is 16.8. The Kier molecular flexibility index (Phi) is 7.64. The molecule has 9 heteroatoms. The van der Waals surface area contributed by atoms with Crippen molar-refractivity contribution in [1.29, 1.82) is 0 Å². The zero-order chi connectivity index (χ0) is 22.3. The molecular weight excluding hydrogens is 482 g/mol. The highest BCUT2D eigenvalue weighted by Crippen LogP contribution is 2.26. The molecule has 2 N–H and O–H groups in total. The van der Waals surface area contributed by atoms with Crippen LogP contribution in [0.3, 0.4) is 0 Å². The number of ether oxygens (including phenoxy) is 1. The predicted molar refractivity (Wildman–Crippen MR) is 124 cm³/mol. The molecule has 0 aliphatic heterocycles. The van der Waals surface area contributed by atoms with Crippen molar-refractivity contribution in [2.75, 3.05) is 16.6 Å². The summed E-state index contributed by atoms with van der Waals surface area (Å²) in [4.78, 5) is 16.2. The van der Waals surface area contributed by atoms with Gasteiger partial charge in [0.25, 0.3) is 15.9 Å². The average molecular weight is 504 g/mol. The van der Waals surface area contributed by atoms with Gasteiger partial charge in [-0.15, -0.1) is 0 Å². The number of amides is 1. The number of rotatable bonds is 9. The SMILES string of the molecule is CCCc1ccc(OCC(=O)Nc2ccc(S(=O)(=O)Nc3ccccn3)cc2)c(Br)c1. The molecule has 0 spiro atoms. The number of nitrogens with zero attached hydrogens (tertiary/aromatic N) is 1. The Labute approximate surface area is 190 Å². The first-order valence-corrected chi connectivity index (χ1v) is 11.9. The fourth-order valence-corrected chi connectivity index (χ4v) is 4.33. The van der Waals surface area contributed by atoms with E-state index < -0.39 is 10.0 Å². The normalized spacial score (nSPS) is 11.0. The molecule has 0 saturated heterocycles. The molecule has 0 bridgehead atoms. The topological polar surface area (TPSA) is 97.4 Å². The molecular formula is C22H22BrN3O4S. The Morgan fingerprint density at radius 1 is 1.10 bits per heavy atom. The maximum absolute atomic E-state index is 12.4. The van der Waals surface area contributed by atoms with Gasteiger partial charge in [-0.1, -0.05) is 25.5 Å². The van der Waals surface area contributed by atoms with Crippen LogP contribution in [-0.2, 0) is 21.2 Å². The zero-order valence-corrected chi connectivity index (χ0v) is 19.2. The monoisotopic (exact) mass is 503 g/mol. The van der Waals surface area contributed by atoms with Crippen molar-refractivity contribution >= 4 is 43.4 Å². The van der Waals surface area contributed by atoms with Gasteiger partial charge in [0.1, 0.15) is 11.6 Å². The second-order valence-corrected chi connectivity index (χ2v) is 9.23. The molecule has 0 aliphatic carbocycles. The van der Waals surface area contributed by atoms with Crippen LogP contribution in [-0.4, -0.2) is 25.9 Å². The van der Waals surface area contributed by atoms with Crippen molar-refractivity contribution in [2.24, 2.45) is 0 Å². The van der Waals surface area contributed by atoms with E-state index in [2.05, 4.69) is 37.9 Å². The van der Waals surface area contributed by atoms with Gasteiger partial charge in [-0.2, -0.15) is 0 Å². The minimum Gasteiger partial charge on any atom is -0.483 e. The molecule has 0 fully saturated rings. The van der Waals surface area contributed by atoms with Crippen LogP contribution >= 0.6 is 15.9 Å². The maximum atomic E-state index is 12.4. The van der Waals surface area contributed by atoms with E-state index in [4.69, 9.17) is 4.74 Å². The maximum Gasteiger partial charge on any atom is 0.263 e. The Morgan fingerprint density at radius 3 is 2.52 bits per heavy atom. The largest absolute Gasteiger partial charge is 0.483 e. The molecule has 31 heavy (non-hydrogen) atoms. The van der Waals surface area contributed by atoms with Crippen LogP contribution < -0.4 is 14.8 Å². The summed E-state index contributed by atoms with van der Waals surface area (Å²) in [6.07, 6.45) is 3.52. The number of pyridine rings is 1. The lowest BCUT2D eigenvalue weighted by Gasteiger charge is -2.11. The summed E-state index contributed by atoms with van der Waals surface area (Å²) < 4.78 is 33.6. The van der Waals surface area contributed by atoms with Crippen LogP contribution in [0.25, 0.3) is 0 Å². The quantitative estimate of drug-likeness (QED) is 0.444. The van der Waals surface area contributed by atoms with Crippen LogP contribution in [0.15, 0.2) is 76.2 Å². The lowest BCUT2D eigenvalue weighted by Crippen LogP contribution is -2.20. The van der Waals surface area contributed by atoms with Crippen LogP contribution in [0.5, 0.6) is 5.75 Å². The van der Waals surface area contributed by atoms with Gasteiger partial charge in [0.15, 0.2) is 6.61 Å². The van der Waals surface area contributed by atoms with E-state index in [0.29, 0.717) is 11.4 Å². The first-order valence-electron chi connectivity index (χ1n) is 9.62. The summed E-state index contributed by atoms with van der Waals surface area (Å²) in [7, 11) is -3.77. The van der Waals surface area contributed by atoms with Gasteiger partial charge >= 0.3 is 0 Å². The summed E-state index contributed by atoms with van der Waals surface area (Å²) in [6.45, 7) is 1.94. The molecule has 2 aromatic carbocycles. The van der Waals surface area contributed by atoms with Crippen molar-refractivity contribution in [1.82, 2.24) is 4.98 Å². The molecule has 162 valence electrons. The third-order valence-corrected chi connectivity index (χ3v) is 6.24. The van der Waals surface area contributed by atoms with Gasteiger partial charge in [-0.25, -0.2) is 13.4 Å². The number of nitrogens with one attached hydrogen (secondary N) is 2. The van der Waals surface area contributed by atoms with Gasteiger partial charge < -0.3 is 10.1 Å². The smallest absolute Gasteiger partial charge is 0.263 e. The fraction of sp³-hybridized carbons (Fsp3) is 0.182. The number of benzene rings is 2. The minimum absolute atomic E-state index is 0.0588. The second kappa shape index (κ2) is 10.4. The Bertz CT molecular complexity index is 1140. The molecule has 0 radical (unpaired) electrons. The number of carbonyl (C=O) groups is 1. The second-order valence-electron chi connectivity index (χ2n) is 6.70. The van der Waals surface area contributed by atoms with Gasteiger partial charge in [0.2, 0.25) is 0 Å². The molecule has 0 unspecified atom stereocenters. The minimum atomic E-state index is -3.77. The van der Waals surface area contributed by atoms with E-state index in [1.54, 1.807) is 18.2 Å². The average Bonchev–Trinajstić information content (AvgIpc) is 2.74. The van der Waals surface area contributed by atoms with Crippen LogP contribution in [0, 0.1) is 0 Å². The third-order valence-electron chi connectivity index (χ3n) is 4.25. The Hall–Kier alpha value is -2.91. The van der Waals surface area contributed by atoms with E-state index in [-0.39, 0.29) is 23.2 Å². The molecule has 0 atom stereocenters. The van der Waals surface area contributed by atoms with Gasteiger partial charge in [-0.3, -0.25) is 9.52 Å².